The lowest BCUT2D eigenvalue weighted by Crippen LogP contribution is -2.29. The van der Waals surface area contributed by atoms with Crippen LogP contribution in [0.25, 0.3) is 0 Å². The molecule has 1 fully saturated rings. The smallest absolute Gasteiger partial charge is 0.257 e. The fraction of sp³-hybridized carbons (Fsp3) is 0.400. The van der Waals surface area contributed by atoms with Gasteiger partial charge in [-0.2, -0.15) is 0 Å². The standard InChI is InChI=1S/C15H17N3O2/c1-10(13-4-3-7-20-13)18(2)15(19)12-8-16-14(17-9-12)11-5-6-11/h3-4,7-11H,5-6H2,1-2H3. The first kappa shape index (κ1) is 12.8. The van der Waals surface area contributed by atoms with E-state index in [1.54, 1.807) is 30.6 Å². The maximum Gasteiger partial charge on any atom is 0.257 e. The summed E-state index contributed by atoms with van der Waals surface area (Å²) in [5.74, 6) is 2.01. The van der Waals surface area contributed by atoms with E-state index >= 15 is 0 Å². The van der Waals surface area contributed by atoms with Gasteiger partial charge in [0.2, 0.25) is 0 Å². The van der Waals surface area contributed by atoms with E-state index in [1.807, 2.05) is 19.1 Å². The van der Waals surface area contributed by atoms with Crippen molar-refractivity contribution in [1.82, 2.24) is 14.9 Å². The molecular weight excluding hydrogens is 254 g/mol. The van der Waals surface area contributed by atoms with Crippen LogP contribution in [0.15, 0.2) is 35.2 Å². The first-order valence-corrected chi connectivity index (χ1v) is 6.79. The fourth-order valence-electron chi connectivity index (χ4n) is 2.10. The van der Waals surface area contributed by atoms with Gasteiger partial charge in [0.25, 0.3) is 5.91 Å². The summed E-state index contributed by atoms with van der Waals surface area (Å²) in [4.78, 5) is 22.6. The van der Waals surface area contributed by atoms with Crippen LogP contribution < -0.4 is 0 Å². The molecule has 5 nitrogen and oxygen atoms in total. The highest BCUT2D eigenvalue weighted by atomic mass is 16.3. The van der Waals surface area contributed by atoms with Crippen molar-refractivity contribution >= 4 is 5.91 Å². The number of carbonyl (C=O) groups excluding carboxylic acids is 1. The van der Waals surface area contributed by atoms with E-state index in [0.717, 1.165) is 24.4 Å². The Bertz CT molecular complexity index is 588. The number of hydrogen-bond acceptors (Lipinski definition) is 4. The van der Waals surface area contributed by atoms with Gasteiger partial charge in [-0.15, -0.1) is 0 Å². The highest BCUT2D eigenvalue weighted by Crippen LogP contribution is 2.37. The molecule has 0 N–H and O–H groups in total. The number of carbonyl (C=O) groups is 1. The quantitative estimate of drug-likeness (QED) is 0.858. The fourth-order valence-corrected chi connectivity index (χ4v) is 2.10. The van der Waals surface area contributed by atoms with E-state index in [1.165, 1.54) is 0 Å². The largest absolute Gasteiger partial charge is 0.467 e. The monoisotopic (exact) mass is 271 g/mol. The summed E-state index contributed by atoms with van der Waals surface area (Å²) in [6, 6.07) is 3.55. The molecule has 104 valence electrons. The number of amides is 1. The Morgan fingerprint density at radius 2 is 2.10 bits per heavy atom. The Kier molecular flexibility index (Phi) is 3.26. The van der Waals surface area contributed by atoms with Gasteiger partial charge in [-0.3, -0.25) is 4.79 Å². The van der Waals surface area contributed by atoms with Gasteiger partial charge in [0.1, 0.15) is 11.6 Å². The van der Waals surface area contributed by atoms with Crippen molar-refractivity contribution in [3.05, 3.63) is 47.9 Å². The Balaban J connectivity index is 1.73. The zero-order chi connectivity index (χ0) is 14.1. The van der Waals surface area contributed by atoms with Crippen LogP contribution in [0.5, 0.6) is 0 Å². The third kappa shape index (κ3) is 2.43. The summed E-state index contributed by atoms with van der Waals surface area (Å²) in [7, 11) is 1.75. The van der Waals surface area contributed by atoms with E-state index in [-0.39, 0.29) is 11.9 Å². The lowest BCUT2D eigenvalue weighted by Gasteiger charge is -2.23. The van der Waals surface area contributed by atoms with Crippen LogP contribution in [0.2, 0.25) is 0 Å². The summed E-state index contributed by atoms with van der Waals surface area (Å²) < 4.78 is 5.34. The second kappa shape index (κ2) is 5.07. The van der Waals surface area contributed by atoms with E-state index in [9.17, 15) is 4.79 Å². The SMILES string of the molecule is CC(c1ccco1)N(C)C(=O)c1cnc(C2CC2)nc1. The van der Waals surface area contributed by atoms with Crippen LogP contribution in [0, 0.1) is 0 Å². The molecule has 0 aliphatic heterocycles. The van der Waals surface area contributed by atoms with Gasteiger partial charge in [0.15, 0.2) is 0 Å². The molecule has 0 aromatic carbocycles. The molecule has 20 heavy (non-hydrogen) atoms. The van der Waals surface area contributed by atoms with Crippen molar-refractivity contribution in [1.29, 1.82) is 0 Å². The number of nitrogens with zero attached hydrogens (tertiary/aromatic N) is 3. The van der Waals surface area contributed by atoms with Crippen molar-refractivity contribution in [3.63, 3.8) is 0 Å². The highest BCUT2D eigenvalue weighted by Gasteiger charge is 2.27. The Hall–Kier alpha value is -2.17. The van der Waals surface area contributed by atoms with Gasteiger partial charge >= 0.3 is 0 Å². The summed E-state index contributed by atoms with van der Waals surface area (Å²) in [5.41, 5.74) is 0.510. The van der Waals surface area contributed by atoms with Crippen LogP contribution in [-0.2, 0) is 0 Å². The summed E-state index contributed by atoms with van der Waals surface area (Å²) >= 11 is 0. The normalized spacial score (nSPS) is 15.9. The summed E-state index contributed by atoms with van der Waals surface area (Å²) in [5, 5.41) is 0. The lowest BCUT2D eigenvalue weighted by molar-refractivity contribution is 0.0725. The average Bonchev–Trinajstić information content (AvgIpc) is 3.20. The van der Waals surface area contributed by atoms with Crippen molar-refractivity contribution in [2.45, 2.75) is 31.7 Å². The third-order valence-corrected chi connectivity index (χ3v) is 3.72. The Labute approximate surface area is 117 Å². The molecule has 2 aromatic rings. The minimum atomic E-state index is -0.124. The van der Waals surface area contributed by atoms with Crippen LogP contribution >= 0.6 is 0 Å². The predicted molar refractivity (Wildman–Crippen MR) is 73.2 cm³/mol. The maximum atomic E-state index is 12.4. The summed E-state index contributed by atoms with van der Waals surface area (Å²) in [6.07, 6.45) is 7.16. The van der Waals surface area contributed by atoms with Crippen LogP contribution in [0.4, 0.5) is 0 Å². The first-order valence-electron chi connectivity index (χ1n) is 6.79. The van der Waals surface area contributed by atoms with Gasteiger partial charge in [-0.25, -0.2) is 9.97 Å². The van der Waals surface area contributed by atoms with Crippen molar-refractivity contribution in [2.75, 3.05) is 7.05 Å². The molecule has 1 atom stereocenters. The van der Waals surface area contributed by atoms with Gasteiger partial charge in [0.05, 0.1) is 17.9 Å². The average molecular weight is 271 g/mol. The van der Waals surface area contributed by atoms with Crippen LogP contribution in [0.3, 0.4) is 0 Å². The number of rotatable bonds is 4. The second-order valence-electron chi connectivity index (χ2n) is 5.21. The predicted octanol–water partition coefficient (Wildman–Crippen LogP) is 2.78. The molecule has 1 amide bonds. The van der Waals surface area contributed by atoms with E-state index in [0.29, 0.717) is 11.5 Å². The molecule has 1 saturated carbocycles. The molecule has 1 aliphatic carbocycles. The Morgan fingerprint density at radius 3 is 2.65 bits per heavy atom. The van der Waals surface area contributed by atoms with E-state index in [2.05, 4.69) is 9.97 Å². The maximum absolute atomic E-state index is 12.4. The van der Waals surface area contributed by atoms with Crippen molar-refractivity contribution in [3.8, 4) is 0 Å². The van der Waals surface area contributed by atoms with Gasteiger partial charge < -0.3 is 9.32 Å². The number of hydrogen-bond donors (Lipinski definition) is 0. The lowest BCUT2D eigenvalue weighted by atomic mass is 10.2. The minimum absolute atomic E-state index is 0.101. The number of furan rings is 1. The molecule has 0 saturated heterocycles. The molecule has 1 aliphatic rings. The molecule has 3 rings (SSSR count). The summed E-state index contributed by atoms with van der Waals surface area (Å²) in [6.45, 7) is 1.93. The van der Waals surface area contributed by atoms with Crippen LogP contribution in [-0.4, -0.2) is 27.8 Å². The molecule has 2 aromatic heterocycles. The van der Waals surface area contributed by atoms with E-state index < -0.39 is 0 Å². The zero-order valence-electron chi connectivity index (χ0n) is 11.6. The molecule has 0 bridgehead atoms. The zero-order valence-corrected chi connectivity index (χ0v) is 11.6. The van der Waals surface area contributed by atoms with E-state index in [4.69, 9.17) is 4.42 Å². The van der Waals surface area contributed by atoms with Gasteiger partial charge in [-0.1, -0.05) is 0 Å². The Morgan fingerprint density at radius 1 is 1.40 bits per heavy atom. The minimum Gasteiger partial charge on any atom is -0.467 e. The molecule has 0 spiro atoms. The molecule has 0 radical (unpaired) electrons. The molecule has 5 heteroatoms. The third-order valence-electron chi connectivity index (χ3n) is 3.72. The molecule has 1 unspecified atom stereocenters. The second-order valence-corrected chi connectivity index (χ2v) is 5.21. The first-order chi connectivity index (χ1) is 9.66. The highest BCUT2D eigenvalue weighted by molar-refractivity contribution is 5.93. The van der Waals surface area contributed by atoms with Crippen molar-refractivity contribution in [2.24, 2.45) is 0 Å². The topological polar surface area (TPSA) is 59.2 Å². The van der Waals surface area contributed by atoms with Crippen LogP contribution in [0.1, 0.15) is 53.7 Å². The van der Waals surface area contributed by atoms with Gasteiger partial charge in [-0.05, 0) is 31.9 Å². The molecular formula is C15H17N3O2. The number of aromatic nitrogens is 2. The molecule has 2 heterocycles. The van der Waals surface area contributed by atoms with Gasteiger partial charge in [0, 0.05) is 25.4 Å². The van der Waals surface area contributed by atoms with Crippen molar-refractivity contribution < 1.29 is 9.21 Å².